The smallest absolute Gasteiger partial charge is 0.220 e. The Labute approximate surface area is 101 Å². The zero-order valence-corrected chi connectivity index (χ0v) is 10.1. The van der Waals surface area contributed by atoms with Gasteiger partial charge in [0.05, 0.1) is 6.61 Å². The van der Waals surface area contributed by atoms with E-state index in [0.717, 1.165) is 17.4 Å². The van der Waals surface area contributed by atoms with Gasteiger partial charge in [0.15, 0.2) is 0 Å². The third kappa shape index (κ3) is 3.33. The lowest BCUT2D eigenvalue weighted by Gasteiger charge is -2.01. The van der Waals surface area contributed by atoms with E-state index in [1.165, 1.54) is 6.42 Å². The van der Waals surface area contributed by atoms with E-state index in [0.29, 0.717) is 25.3 Å². The molecule has 0 bridgehead atoms. The molecule has 2 rings (SSSR count). The second kappa shape index (κ2) is 5.36. The van der Waals surface area contributed by atoms with Crippen LogP contribution in [0.5, 0.6) is 0 Å². The van der Waals surface area contributed by atoms with Gasteiger partial charge in [-0.1, -0.05) is 6.92 Å². The molecular formula is C13H19NO3. The number of hydrogen-bond acceptors (Lipinski definition) is 3. The first-order valence-corrected chi connectivity index (χ1v) is 6.17. The van der Waals surface area contributed by atoms with Crippen molar-refractivity contribution in [3.63, 3.8) is 0 Å². The maximum Gasteiger partial charge on any atom is 0.220 e. The van der Waals surface area contributed by atoms with Crippen LogP contribution in [0.4, 0.5) is 0 Å². The van der Waals surface area contributed by atoms with Crippen molar-refractivity contribution in [1.29, 1.82) is 0 Å². The van der Waals surface area contributed by atoms with Crippen molar-refractivity contribution in [2.45, 2.75) is 32.1 Å². The molecule has 2 unspecified atom stereocenters. The molecular weight excluding hydrogens is 218 g/mol. The molecule has 1 heterocycles. The number of nitrogens with one attached hydrogen (secondary N) is 1. The summed E-state index contributed by atoms with van der Waals surface area (Å²) in [7, 11) is 0. The number of hydrogen-bond donors (Lipinski definition) is 2. The molecule has 1 aromatic heterocycles. The average molecular weight is 237 g/mol. The van der Waals surface area contributed by atoms with Crippen molar-refractivity contribution in [3.05, 3.63) is 23.7 Å². The number of furan rings is 1. The van der Waals surface area contributed by atoms with Gasteiger partial charge in [0, 0.05) is 25.3 Å². The van der Waals surface area contributed by atoms with Crippen molar-refractivity contribution in [2.75, 3.05) is 13.2 Å². The maximum atomic E-state index is 11.3. The van der Waals surface area contributed by atoms with Gasteiger partial charge < -0.3 is 14.8 Å². The fourth-order valence-corrected chi connectivity index (χ4v) is 1.97. The van der Waals surface area contributed by atoms with Crippen molar-refractivity contribution in [1.82, 2.24) is 5.32 Å². The van der Waals surface area contributed by atoms with Crippen LogP contribution in [0.15, 0.2) is 16.5 Å². The second-order valence-electron chi connectivity index (χ2n) is 4.70. The van der Waals surface area contributed by atoms with Crippen LogP contribution in [0.2, 0.25) is 0 Å². The first-order valence-electron chi connectivity index (χ1n) is 6.17. The van der Waals surface area contributed by atoms with Gasteiger partial charge in [-0.15, -0.1) is 0 Å². The Kier molecular flexibility index (Phi) is 3.84. The van der Waals surface area contributed by atoms with Gasteiger partial charge in [0.1, 0.15) is 11.5 Å². The van der Waals surface area contributed by atoms with E-state index in [9.17, 15) is 4.79 Å². The van der Waals surface area contributed by atoms with Crippen LogP contribution >= 0.6 is 0 Å². The summed E-state index contributed by atoms with van der Waals surface area (Å²) in [5.74, 6) is 3.21. The second-order valence-corrected chi connectivity index (χ2v) is 4.70. The average Bonchev–Trinajstić information content (AvgIpc) is 2.88. The van der Waals surface area contributed by atoms with Crippen molar-refractivity contribution < 1.29 is 14.3 Å². The monoisotopic (exact) mass is 237 g/mol. The van der Waals surface area contributed by atoms with Crippen LogP contribution < -0.4 is 5.32 Å². The predicted octanol–water partition coefficient (Wildman–Crippen LogP) is 1.44. The van der Waals surface area contributed by atoms with E-state index in [4.69, 9.17) is 9.52 Å². The Bertz CT molecular complexity index is 386. The van der Waals surface area contributed by atoms with Crippen LogP contribution in [-0.4, -0.2) is 24.2 Å². The predicted molar refractivity (Wildman–Crippen MR) is 63.6 cm³/mol. The zero-order valence-electron chi connectivity index (χ0n) is 10.1. The van der Waals surface area contributed by atoms with Crippen molar-refractivity contribution in [2.24, 2.45) is 5.92 Å². The molecule has 2 N–H and O–H groups in total. The first-order chi connectivity index (χ1) is 8.20. The Morgan fingerprint density at radius 3 is 3.00 bits per heavy atom. The lowest BCUT2D eigenvalue weighted by molar-refractivity contribution is -0.121. The molecule has 1 amide bonds. The van der Waals surface area contributed by atoms with Gasteiger partial charge in [-0.3, -0.25) is 4.79 Å². The minimum Gasteiger partial charge on any atom is -0.466 e. The number of aliphatic hydroxyl groups is 1. The molecule has 4 nitrogen and oxygen atoms in total. The van der Waals surface area contributed by atoms with E-state index in [1.807, 2.05) is 12.1 Å². The Balaban J connectivity index is 1.75. The molecule has 0 radical (unpaired) electrons. The van der Waals surface area contributed by atoms with Crippen LogP contribution in [0, 0.1) is 5.92 Å². The normalized spacial score (nSPS) is 22.5. The highest BCUT2D eigenvalue weighted by Crippen LogP contribution is 2.47. The minimum absolute atomic E-state index is 0.0177. The Morgan fingerprint density at radius 1 is 1.59 bits per heavy atom. The maximum absolute atomic E-state index is 11.3. The van der Waals surface area contributed by atoms with Gasteiger partial charge >= 0.3 is 0 Å². The molecule has 1 saturated carbocycles. The molecule has 4 heteroatoms. The molecule has 1 fully saturated rings. The van der Waals surface area contributed by atoms with Gasteiger partial charge in [-0.25, -0.2) is 0 Å². The lowest BCUT2D eigenvalue weighted by atomic mass is 10.2. The minimum atomic E-state index is -0.0446. The number of carbonyl (C=O) groups is 1. The summed E-state index contributed by atoms with van der Waals surface area (Å²) in [5, 5.41) is 11.2. The van der Waals surface area contributed by atoms with E-state index in [1.54, 1.807) is 0 Å². The Hall–Kier alpha value is -1.29. The quantitative estimate of drug-likeness (QED) is 0.787. The number of aliphatic hydroxyl groups excluding tert-OH is 1. The zero-order chi connectivity index (χ0) is 12.3. The molecule has 1 aliphatic carbocycles. The summed E-state index contributed by atoms with van der Waals surface area (Å²) in [6.07, 6.45) is 2.25. The molecule has 1 aromatic rings. The molecule has 94 valence electrons. The van der Waals surface area contributed by atoms with Gasteiger partial charge in [0.2, 0.25) is 5.91 Å². The summed E-state index contributed by atoms with van der Waals surface area (Å²) in [6, 6.07) is 3.98. The number of rotatable bonds is 6. The number of aryl methyl sites for hydroxylation is 1. The van der Waals surface area contributed by atoms with Gasteiger partial charge in [0.25, 0.3) is 0 Å². The molecule has 0 spiro atoms. The van der Waals surface area contributed by atoms with Crippen LogP contribution in [0.3, 0.4) is 0 Å². The number of amides is 1. The summed E-state index contributed by atoms with van der Waals surface area (Å²) >= 11 is 0. The van der Waals surface area contributed by atoms with Crippen molar-refractivity contribution in [3.8, 4) is 0 Å². The fraction of sp³-hybridized carbons (Fsp3) is 0.615. The molecule has 0 aliphatic heterocycles. The molecule has 1 aliphatic rings. The highest BCUT2D eigenvalue weighted by atomic mass is 16.3. The highest BCUT2D eigenvalue weighted by Gasteiger charge is 2.36. The fourth-order valence-electron chi connectivity index (χ4n) is 1.97. The summed E-state index contributed by atoms with van der Waals surface area (Å²) < 4.78 is 5.70. The van der Waals surface area contributed by atoms with E-state index in [-0.39, 0.29) is 12.5 Å². The highest BCUT2D eigenvalue weighted by molar-refractivity contribution is 5.76. The van der Waals surface area contributed by atoms with Gasteiger partial charge in [-0.2, -0.15) is 0 Å². The number of carbonyl (C=O) groups excluding carboxylic acids is 1. The summed E-state index contributed by atoms with van der Waals surface area (Å²) in [5.41, 5.74) is 0. The summed E-state index contributed by atoms with van der Waals surface area (Å²) in [6.45, 7) is 2.52. The Morgan fingerprint density at radius 2 is 2.35 bits per heavy atom. The largest absolute Gasteiger partial charge is 0.466 e. The lowest BCUT2D eigenvalue weighted by Crippen LogP contribution is -2.26. The van der Waals surface area contributed by atoms with Crippen LogP contribution in [0.25, 0.3) is 0 Å². The standard InChI is InChI=1S/C13H19NO3/c1-9-8-11(9)12-4-2-10(17-12)3-5-13(16)14-6-7-15/h2,4,9,11,15H,3,5-8H2,1H3,(H,14,16). The van der Waals surface area contributed by atoms with Gasteiger partial charge in [-0.05, 0) is 24.5 Å². The van der Waals surface area contributed by atoms with E-state index >= 15 is 0 Å². The topological polar surface area (TPSA) is 62.5 Å². The third-order valence-corrected chi connectivity index (χ3v) is 3.19. The molecule has 0 aromatic carbocycles. The molecule has 17 heavy (non-hydrogen) atoms. The first kappa shape index (κ1) is 12.2. The molecule has 2 atom stereocenters. The van der Waals surface area contributed by atoms with E-state index < -0.39 is 0 Å². The van der Waals surface area contributed by atoms with Crippen molar-refractivity contribution >= 4 is 5.91 Å². The SMILES string of the molecule is CC1CC1c1ccc(CCC(=O)NCCO)o1. The molecule has 0 saturated heterocycles. The third-order valence-electron chi connectivity index (χ3n) is 3.19. The van der Waals surface area contributed by atoms with Crippen LogP contribution in [0.1, 0.15) is 37.2 Å². The summed E-state index contributed by atoms with van der Waals surface area (Å²) in [4.78, 5) is 11.3. The van der Waals surface area contributed by atoms with Crippen LogP contribution in [-0.2, 0) is 11.2 Å². The van der Waals surface area contributed by atoms with E-state index in [2.05, 4.69) is 12.2 Å².